The van der Waals surface area contributed by atoms with E-state index in [1.165, 1.54) is 0 Å². The lowest BCUT2D eigenvalue weighted by Gasteiger charge is -2.30. The maximum absolute atomic E-state index is 12.5. The first-order valence-electron chi connectivity index (χ1n) is 7.60. The summed E-state index contributed by atoms with van der Waals surface area (Å²) in [4.78, 5) is 15.8. The van der Waals surface area contributed by atoms with Crippen LogP contribution in [0.2, 0.25) is 0 Å². The smallest absolute Gasteiger partial charge is 0.205 e. The Morgan fingerprint density at radius 1 is 1.30 bits per heavy atom. The highest BCUT2D eigenvalue weighted by Gasteiger charge is 2.38. The van der Waals surface area contributed by atoms with Crippen molar-refractivity contribution >= 4 is 16.7 Å². The quantitative estimate of drug-likeness (QED) is 0.847. The van der Waals surface area contributed by atoms with Crippen molar-refractivity contribution in [1.29, 1.82) is 5.26 Å². The van der Waals surface area contributed by atoms with Gasteiger partial charge in [-0.3, -0.25) is 4.79 Å². The molecular weight excluding hydrogens is 290 g/mol. The Kier molecular flexibility index (Phi) is 2.98. The summed E-state index contributed by atoms with van der Waals surface area (Å²) in [6, 6.07) is 12.0. The number of rotatable bonds is 1. The summed E-state index contributed by atoms with van der Waals surface area (Å²) in [6.07, 6.45) is 1.92. The topological polar surface area (TPSA) is 91.9 Å². The lowest BCUT2D eigenvalue weighted by molar-refractivity contribution is -0.116. The maximum Gasteiger partial charge on any atom is 0.205 e. The molecular formula is C18H15N3O2. The van der Waals surface area contributed by atoms with E-state index < -0.39 is 5.92 Å². The molecule has 3 N–H and O–H groups in total. The number of ether oxygens (including phenoxy) is 1. The molecule has 0 unspecified atom stereocenters. The van der Waals surface area contributed by atoms with Gasteiger partial charge in [0, 0.05) is 29.6 Å². The molecule has 1 aromatic carbocycles. The van der Waals surface area contributed by atoms with Crippen LogP contribution in [0.25, 0.3) is 10.9 Å². The van der Waals surface area contributed by atoms with Gasteiger partial charge in [-0.05, 0) is 23.9 Å². The van der Waals surface area contributed by atoms with Gasteiger partial charge in [0.1, 0.15) is 17.4 Å². The third-order valence-corrected chi connectivity index (χ3v) is 4.47. The van der Waals surface area contributed by atoms with E-state index in [2.05, 4.69) is 11.1 Å². The second kappa shape index (κ2) is 5.03. The van der Waals surface area contributed by atoms with E-state index in [9.17, 15) is 10.1 Å². The number of hydrogen-bond acceptors (Lipinski definition) is 4. The van der Waals surface area contributed by atoms with Crippen LogP contribution in [-0.2, 0) is 9.53 Å². The first-order valence-corrected chi connectivity index (χ1v) is 7.60. The molecule has 4 rings (SSSR count). The van der Waals surface area contributed by atoms with Crippen molar-refractivity contribution in [2.45, 2.75) is 25.2 Å². The Labute approximate surface area is 133 Å². The minimum absolute atomic E-state index is 0.0372. The van der Waals surface area contributed by atoms with Crippen LogP contribution >= 0.6 is 0 Å². The van der Waals surface area contributed by atoms with Crippen LogP contribution < -0.4 is 5.73 Å². The van der Waals surface area contributed by atoms with E-state index in [4.69, 9.17) is 10.5 Å². The van der Waals surface area contributed by atoms with Crippen molar-refractivity contribution in [1.82, 2.24) is 4.98 Å². The zero-order chi connectivity index (χ0) is 16.0. The van der Waals surface area contributed by atoms with Gasteiger partial charge in [0.15, 0.2) is 5.78 Å². The number of Topliss-reactive ketones (excluding diaryl/α,β-unsaturated/α-hetero) is 1. The highest BCUT2D eigenvalue weighted by molar-refractivity contribution is 5.99. The lowest BCUT2D eigenvalue weighted by atomic mass is 9.79. The van der Waals surface area contributed by atoms with Gasteiger partial charge < -0.3 is 15.5 Å². The molecule has 114 valence electrons. The molecule has 2 heterocycles. The van der Waals surface area contributed by atoms with Crippen molar-refractivity contribution in [2.75, 3.05) is 0 Å². The fourth-order valence-corrected chi connectivity index (χ4v) is 3.42. The Hall–Kier alpha value is -3.00. The second-order valence-electron chi connectivity index (χ2n) is 5.85. The largest absolute Gasteiger partial charge is 0.444 e. The second-order valence-corrected chi connectivity index (χ2v) is 5.85. The Morgan fingerprint density at radius 2 is 2.13 bits per heavy atom. The van der Waals surface area contributed by atoms with E-state index in [1.807, 2.05) is 30.3 Å². The fourth-order valence-electron chi connectivity index (χ4n) is 3.42. The van der Waals surface area contributed by atoms with Crippen molar-refractivity contribution < 1.29 is 9.53 Å². The van der Waals surface area contributed by atoms with E-state index in [0.29, 0.717) is 29.7 Å². The molecule has 0 saturated carbocycles. The molecule has 1 aliphatic carbocycles. The van der Waals surface area contributed by atoms with Crippen LogP contribution in [0.5, 0.6) is 0 Å². The van der Waals surface area contributed by atoms with Crippen molar-refractivity contribution in [3.63, 3.8) is 0 Å². The molecule has 1 aromatic heterocycles. The molecule has 1 aliphatic heterocycles. The highest BCUT2D eigenvalue weighted by atomic mass is 16.5. The monoisotopic (exact) mass is 305 g/mol. The number of nitrogens with one attached hydrogen (secondary N) is 1. The van der Waals surface area contributed by atoms with E-state index in [1.54, 1.807) is 0 Å². The van der Waals surface area contributed by atoms with Gasteiger partial charge in [0.25, 0.3) is 0 Å². The molecule has 5 nitrogen and oxygen atoms in total. The lowest BCUT2D eigenvalue weighted by Crippen LogP contribution is -2.27. The average Bonchev–Trinajstić information content (AvgIpc) is 2.97. The van der Waals surface area contributed by atoms with Gasteiger partial charge in [-0.15, -0.1) is 0 Å². The van der Waals surface area contributed by atoms with Crippen LogP contribution in [-0.4, -0.2) is 10.8 Å². The number of para-hydroxylation sites is 1. The number of benzene rings is 1. The summed E-state index contributed by atoms with van der Waals surface area (Å²) < 4.78 is 5.57. The van der Waals surface area contributed by atoms with E-state index >= 15 is 0 Å². The van der Waals surface area contributed by atoms with Crippen molar-refractivity contribution in [3.05, 3.63) is 58.8 Å². The fraction of sp³-hybridized carbons (Fsp3) is 0.222. The molecule has 2 aliphatic rings. The molecule has 0 fully saturated rings. The van der Waals surface area contributed by atoms with Gasteiger partial charge in [-0.2, -0.15) is 5.26 Å². The van der Waals surface area contributed by atoms with Gasteiger partial charge >= 0.3 is 0 Å². The number of nitrogens with two attached hydrogens (primary N) is 1. The highest BCUT2D eigenvalue weighted by Crippen LogP contribution is 2.43. The zero-order valence-corrected chi connectivity index (χ0v) is 12.4. The molecule has 2 aromatic rings. The molecule has 1 atom stereocenters. The molecule has 23 heavy (non-hydrogen) atoms. The number of carbonyl (C=O) groups is 1. The maximum atomic E-state index is 12.5. The number of fused-ring (bicyclic) bond motifs is 1. The number of H-pyrrole nitrogens is 1. The number of nitriles is 1. The number of nitrogens with zero attached hydrogens (tertiary/aromatic N) is 1. The van der Waals surface area contributed by atoms with Crippen LogP contribution in [0.1, 0.15) is 30.9 Å². The molecule has 0 saturated heterocycles. The standard InChI is InChI=1S/C18H15N3O2/c19-9-11-16(13-8-10-4-1-2-5-12(10)21-13)17-14(22)6-3-7-15(17)23-18(11)20/h1-2,4-5,8,16,21H,3,6-7,20H2/t16-/m0/s1. The van der Waals surface area contributed by atoms with E-state index in [-0.39, 0.29) is 11.7 Å². The average molecular weight is 305 g/mol. The minimum Gasteiger partial charge on any atom is -0.444 e. The Balaban J connectivity index is 1.94. The number of allylic oxidation sites excluding steroid dienone is 3. The van der Waals surface area contributed by atoms with Crippen molar-refractivity contribution in [2.24, 2.45) is 5.73 Å². The van der Waals surface area contributed by atoms with Gasteiger partial charge in [0.05, 0.1) is 5.92 Å². The first kappa shape index (κ1) is 13.6. The predicted molar refractivity (Wildman–Crippen MR) is 84.8 cm³/mol. The van der Waals surface area contributed by atoms with Gasteiger partial charge in [-0.25, -0.2) is 0 Å². The van der Waals surface area contributed by atoms with Gasteiger partial charge in [0.2, 0.25) is 5.88 Å². The molecule has 5 heteroatoms. The summed E-state index contributed by atoms with van der Waals surface area (Å²) in [6.45, 7) is 0. The zero-order valence-electron chi connectivity index (χ0n) is 12.4. The number of aromatic amines is 1. The summed E-state index contributed by atoms with van der Waals surface area (Å²) in [7, 11) is 0. The Bertz CT molecular complexity index is 894. The SMILES string of the molecule is N#CC1=C(N)OC2=C(C(=O)CCC2)[C@@H]1c1cc2ccccc2[nH]1. The number of hydrogen-bond donors (Lipinski definition) is 2. The number of aromatic nitrogens is 1. The third kappa shape index (κ3) is 2.03. The molecule has 0 bridgehead atoms. The predicted octanol–water partition coefficient (Wildman–Crippen LogP) is 2.98. The summed E-state index contributed by atoms with van der Waals surface area (Å²) in [5.74, 6) is 0.283. The summed E-state index contributed by atoms with van der Waals surface area (Å²) >= 11 is 0. The number of ketones is 1. The van der Waals surface area contributed by atoms with Gasteiger partial charge in [-0.1, -0.05) is 18.2 Å². The third-order valence-electron chi connectivity index (χ3n) is 4.47. The minimum atomic E-state index is -0.469. The van der Waals surface area contributed by atoms with E-state index in [0.717, 1.165) is 23.0 Å². The molecule has 0 spiro atoms. The Morgan fingerprint density at radius 3 is 2.91 bits per heavy atom. The first-order chi connectivity index (χ1) is 11.2. The molecule has 0 amide bonds. The van der Waals surface area contributed by atoms with Crippen LogP contribution in [0.15, 0.2) is 53.1 Å². The van der Waals surface area contributed by atoms with Crippen molar-refractivity contribution in [3.8, 4) is 6.07 Å². The van der Waals surface area contributed by atoms with Crippen LogP contribution in [0, 0.1) is 11.3 Å². The summed E-state index contributed by atoms with van der Waals surface area (Å²) in [5, 5.41) is 10.6. The van der Waals surface area contributed by atoms with Crippen LogP contribution in [0.4, 0.5) is 0 Å². The van der Waals surface area contributed by atoms with Crippen LogP contribution in [0.3, 0.4) is 0 Å². The molecule has 0 radical (unpaired) electrons. The summed E-state index contributed by atoms with van der Waals surface area (Å²) in [5.41, 5.74) is 8.58. The normalized spacial score (nSPS) is 21.2. The number of carbonyl (C=O) groups excluding carboxylic acids is 1.